The van der Waals surface area contributed by atoms with Gasteiger partial charge in [0, 0.05) is 145 Å². The SMILES string of the molecule is CC(=O)C(C)(C)CC(=O)[C@H](CCCCN)NC(=O)[C@H](CC(N)=O)CC(=O)C(C)(C)NC(=O)[C@@H](CC(=O)[C@H](Cc1ccncc1)NC(=O)[C@H](CCCN=C(N)N)CC(=O)[C@H]1CCCN1C(=O)[C@H](CO)CC(=O)CC1CCOCC1)CC1CCCCC1.CN[C@H](C(=O)C[C@@H](CCCN=C(N)N)C(=O)N[C@@H](CCC(N)=O)C(=O)C[C@@H](CCCN=C(N)N)C(=O)N[C@@H](CC1CCCCC1)C(C)=O)[C@@H](C)O. The molecule has 0 aromatic carbocycles. The van der Waals surface area contributed by atoms with Gasteiger partial charge in [-0.25, -0.2) is 0 Å². The molecule has 8 amide bonds. The van der Waals surface area contributed by atoms with Crippen LogP contribution in [0.15, 0.2) is 39.5 Å². The fourth-order valence-electron chi connectivity index (χ4n) is 18.2. The molecule has 1 aromatic heterocycles. The van der Waals surface area contributed by atoms with Crippen LogP contribution in [-0.2, 0) is 92.7 Å². The van der Waals surface area contributed by atoms with Crippen LogP contribution >= 0.6 is 0 Å². The van der Waals surface area contributed by atoms with E-state index < -0.39 is 190 Å². The summed E-state index contributed by atoms with van der Waals surface area (Å²) in [6.45, 7) is 12.0. The number of likely N-dealkylation sites (tertiary alicyclic amines) is 1. The molecule has 40 nitrogen and oxygen atoms in total. The van der Waals surface area contributed by atoms with Gasteiger partial charge in [-0.2, -0.15) is 0 Å². The van der Waals surface area contributed by atoms with Crippen LogP contribution in [-0.4, -0.2) is 245 Å². The summed E-state index contributed by atoms with van der Waals surface area (Å²) in [5.41, 5.74) is 47.6. The van der Waals surface area contributed by atoms with E-state index in [0.717, 1.165) is 77.0 Å². The van der Waals surface area contributed by atoms with Gasteiger partial charge in [-0.15, -0.1) is 0 Å². The molecule has 2 aliphatic carbocycles. The van der Waals surface area contributed by atoms with Crippen LogP contribution in [0.2, 0.25) is 0 Å². The van der Waals surface area contributed by atoms with Gasteiger partial charge in [0.25, 0.3) is 0 Å². The quantitative estimate of drug-likeness (QED) is 0.0252. The molecule has 40 heteroatoms. The standard InChI is InChI=1S/C62H98N10O13.C34H62N10O7/c1-39(74)61(2,3)37-53(78)48(16-9-10-22-63)69-57(82)45(36-55(64)80)35-54(79)62(4,5)71-58(83)44(29-40-13-7-6-8-14-40)34-51(76)49(31-41-18-24-67-25-19-41)70-56(81)43(15-11-23-68-60(65)66)33-52(77)50-17-12-26-72(50)59(84)46(38-73)32-47(75)30-42-20-27-85-28-21-42;1-20(45)26(17-22-9-5-4-6-10-22)44-32(51)23(11-7-15-41-33(36)37)18-27(47)25(13-14-29(35)49)43-31(50)24(12-8-16-42-34(38)39)19-28(48)30(40-3)21(2)46/h18-19,24-25,40,42-46,48-50,73H,6-17,20-23,26-38,63H2,1-5H3,(H2,64,80)(H,69,82)(H,70,81)(H,71,83)(H4,65,66,68);21-26,30,40,46H,4-19H2,1-3H3,(H2,35,49)(H,43,50)(H,44,51)(H4,36,37,41)(H4,38,39,42)/t43-,44-,45+,46+,48+,49+,50-;21-,23-,24-,25+,26+,30+/m11/s1. The van der Waals surface area contributed by atoms with E-state index in [2.05, 4.69) is 51.9 Å². The number of aliphatic hydroxyl groups is 2. The van der Waals surface area contributed by atoms with Crippen molar-refractivity contribution in [3.63, 3.8) is 0 Å². The van der Waals surface area contributed by atoms with Gasteiger partial charge in [0.1, 0.15) is 11.6 Å². The number of aliphatic hydroxyl groups excluding tert-OH is 2. The maximum absolute atomic E-state index is 15.0. The van der Waals surface area contributed by atoms with Crippen LogP contribution in [0, 0.1) is 58.7 Å². The summed E-state index contributed by atoms with van der Waals surface area (Å²) in [5, 5.41) is 37.2. The van der Waals surface area contributed by atoms with Crippen LogP contribution < -0.4 is 83.5 Å². The van der Waals surface area contributed by atoms with Crippen LogP contribution in [0.25, 0.3) is 0 Å². The highest BCUT2D eigenvalue weighted by atomic mass is 16.5. The first-order chi connectivity index (χ1) is 64.3. The molecule has 0 bridgehead atoms. The number of nitrogens with one attached hydrogen (secondary N) is 6. The van der Waals surface area contributed by atoms with E-state index in [1.807, 2.05) is 0 Å². The van der Waals surface area contributed by atoms with Gasteiger partial charge >= 0.3 is 0 Å². The summed E-state index contributed by atoms with van der Waals surface area (Å²) in [7, 11) is 1.51. The monoisotopic (exact) mass is 1910 g/mol. The van der Waals surface area contributed by atoms with Crippen LogP contribution in [0.3, 0.4) is 0 Å². The van der Waals surface area contributed by atoms with Crippen molar-refractivity contribution in [2.45, 2.75) is 334 Å². The molecule has 13 atom stereocenters. The number of nitrogens with two attached hydrogens (primary N) is 9. The number of likely N-dealkylation sites (N-methyl/N-ethyl adjacent to an activating group) is 1. The summed E-state index contributed by atoms with van der Waals surface area (Å²) in [6.07, 6.45) is 14.7. The number of carbonyl (C=O) groups is 17. The zero-order valence-electron chi connectivity index (χ0n) is 81.5. The second kappa shape index (κ2) is 61.7. The van der Waals surface area contributed by atoms with Crippen molar-refractivity contribution in [2.75, 3.05) is 59.6 Å². The molecule has 5 rings (SSSR count). The number of aromatic nitrogens is 1. The number of guanidine groups is 3. The van der Waals surface area contributed by atoms with Gasteiger partial charge in [-0.3, -0.25) is 101 Å². The Morgan fingerprint density at radius 3 is 1.48 bits per heavy atom. The van der Waals surface area contributed by atoms with E-state index in [1.54, 1.807) is 26.0 Å². The Bertz CT molecular complexity index is 4170. The third-order valence-corrected chi connectivity index (χ3v) is 26.6. The van der Waals surface area contributed by atoms with Crippen LogP contribution in [0.5, 0.6) is 0 Å². The highest BCUT2D eigenvalue weighted by Gasteiger charge is 2.44. The first-order valence-electron chi connectivity index (χ1n) is 48.7. The molecule has 3 heterocycles. The number of rotatable bonds is 65. The Morgan fingerprint density at radius 1 is 0.507 bits per heavy atom. The summed E-state index contributed by atoms with van der Waals surface area (Å²) in [5.74, 6) is -14.8. The number of unbranched alkanes of at least 4 members (excludes halogenated alkanes) is 1. The number of primary amides is 2. The number of ether oxygens (including phenoxy) is 1. The molecule has 1 aromatic rings. The summed E-state index contributed by atoms with van der Waals surface area (Å²) in [6, 6.07) is -2.66. The maximum Gasteiger partial charge on any atom is 0.229 e. The summed E-state index contributed by atoms with van der Waals surface area (Å²) >= 11 is 0. The lowest BCUT2D eigenvalue weighted by molar-refractivity contribution is -0.144. The lowest BCUT2D eigenvalue weighted by atomic mass is 9.79. The van der Waals surface area contributed by atoms with Crippen molar-refractivity contribution in [3.8, 4) is 0 Å². The average molecular weight is 1910 g/mol. The molecule has 2 saturated carbocycles. The largest absolute Gasteiger partial charge is 0.396 e. The van der Waals surface area contributed by atoms with Crippen molar-refractivity contribution in [2.24, 2.45) is 125 Å². The Labute approximate surface area is 800 Å². The molecule has 0 spiro atoms. The Kier molecular flexibility index (Phi) is 53.5. The molecule has 764 valence electrons. The number of pyridine rings is 1. The molecular weight excluding hydrogens is 1750 g/mol. The molecular formula is C96H160N20O20. The maximum atomic E-state index is 15.0. The molecule has 4 aliphatic rings. The van der Waals surface area contributed by atoms with E-state index in [9.17, 15) is 91.7 Å². The van der Waals surface area contributed by atoms with Crippen LogP contribution in [0.4, 0.5) is 0 Å². The highest BCUT2D eigenvalue weighted by Crippen LogP contribution is 2.35. The van der Waals surface area contributed by atoms with Crippen LogP contribution in [0.1, 0.15) is 285 Å². The predicted octanol–water partition coefficient (Wildman–Crippen LogP) is 2.20. The van der Waals surface area contributed by atoms with Crippen molar-refractivity contribution in [1.82, 2.24) is 41.8 Å². The van der Waals surface area contributed by atoms with E-state index in [-0.39, 0.29) is 176 Å². The first kappa shape index (κ1) is 118. The smallest absolute Gasteiger partial charge is 0.229 e. The summed E-state index contributed by atoms with van der Waals surface area (Å²) < 4.78 is 5.42. The first-order valence-corrected chi connectivity index (χ1v) is 48.7. The Balaban J connectivity index is 0.000000646. The van der Waals surface area contributed by atoms with Gasteiger partial charge in [0.05, 0.1) is 66.3 Å². The third-order valence-electron chi connectivity index (χ3n) is 26.6. The van der Waals surface area contributed by atoms with E-state index in [4.69, 9.17) is 56.3 Å². The molecule has 2 aliphatic heterocycles. The van der Waals surface area contributed by atoms with Gasteiger partial charge in [-0.1, -0.05) is 78.1 Å². The molecule has 136 heavy (non-hydrogen) atoms. The number of aliphatic imine (C=N–C) groups is 3. The van der Waals surface area contributed by atoms with Crippen molar-refractivity contribution in [3.05, 3.63) is 30.1 Å². The minimum atomic E-state index is -1.66. The zero-order chi connectivity index (χ0) is 101. The predicted molar refractivity (Wildman–Crippen MR) is 513 cm³/mol. The highest BCUT2D eigenvalue weighted by molar-refractivity contribution is 6.01. The second-order valence-corrected chi connectivity index (χ2v) is 38.8. The molecule has 26 N–H and O–H groups in total. The minimum Gasteiger partial charge on any atom is -0.396 e. The second-order valence-electron chi connectivity index (χ2n) is 38.8. The van der Waals surface area contributed by atoms with Crippen molar-refractivity contribution >= 4 is 117 Å². The Morgan fingerprint density at radius 2 is 0.993 bits per heavy atom. The number of carbonyl (C=O) groups excluding carboxylic acids is 17. The number of ketones is 9. The topological polar surface area (TPSA) is 699 Å². The van der Waals surface area contributed by atoms with Gasteiger partial charge in [0.15, 0.2) is 58.4 Å². The molecule has 4 fully saturated rings. The third kappa shape index (κ3) is 44.3. The van der Waals surface area contributed by atoms with Crippen molar-refractivity contribution in [1.29, 1.82) is 0 Å². The number of Topliss-reactive ketones (excluding diaryl/α,β-unsaturated/α-hetero) is 9. The zero-order valence-corrected chi connectivity index (χ0v) is 81.5. The lowest BCUT2D eigenvalue weighted by Gasteiger charge is -2.32. The lowest BCUT2D eigenvalue weighted by Crippen LogP contribution is -2.54. The normalized spacial score (nSPS) is 17.6. The van der Waals surface area contributed by atoms with E-state index in [1.165, 1.54) is 59.0 Å². The van der Waals surface area contributed by atoms with Crippen molar-refractivity contribution < 1.29 is 96.5 Å². The number of hydrogen-bond acceptors (Lipinski definition) is 26. The van der Waals surface area contributed by atoms with E-state index in [0.29, 0.717) is 76.2 Å². The number of nitrogens with zero attached hydrogens (tertiary/aromatic N) is 5. The summed E-state index contributed by atoms with van der Waals surface area (Å²) in [4.78, 5) is 249. The van der Waals surface area contributed by atoms with Gasteiger partial charge in [-0.05, 0) is 193 Å². The fraction of sp³-hybridized carbons (Fsp3) is 0.740. The van der Waals surface area contributed by atoms with Gasteiger partial charge < -0.3 is 103 Å². The fourth-order valence-corrected chi connectivity index (χ4v) is 18.2. The number of amides is 8. The molecule has 0 unspecified atom stereocenters. The Hall–Kier alpha value is -10.4. The molecule has 2 saturated heterocycles. The van der Waals surface area contributed by atoms with Gasteiger partial charge in [0.2, 0.25) is 47.3 Å². The molecule has 0 radical (unpaired) electrons. The van der Waals surface area contributed by atoms with E-state index >= 15 is 0 Å². The number of hydrogen-bond donors (Lipinski definition) is 17. The average Bonchev–Trinajstić information content (AvgIpc) is 1.56. The minimum absolute atomic E-state index is 0.0124.